The van der Waals surface area contributed by atoms with E-state index in [1.54, 1.807) is 0 Å². The zero-order valence-electron chi connectivity index (χ0n) is 12.4. The van der Waals surface area contributed by atoms with Crippen molar-refractivity contribution in [2.24, 2.45) is 0 Å². The fourth-order valence-corrected chi connectivity index (χ4v) is 3.03. The molecule has 1 N–H and O–H groups in total. The Bertz CT molecular complexity index is 409. The van der Waals surface area contributed by atoms with Crippen LogP contribution in [0.5, 0.6) is 0 Å². The van der Waals surface area contributed by atoms with Gasteiger partial charge in [0.1, 0.15) is 0 Å². The quantitative estimate of drug-likeness (QED) is 0.905. The lowest BCUT2D eigenvalue weighted by molar-refractivity contribution is 0.0719. The number of hydrogen-bond acceptors (Lipinski definition) is 3. The Balaban J connectivity index is 1.79. The number of aliphatic hydroxyl groups excluding tert-OH is 1. The standard InChI is InChI=1S/C16H25ClN2O/c1-3-19-11-10-18(12-13(19)2)9-8-16(20)14-4-6-15(17)7-5-14/h4-7,13,16,20H,3,8-12H2,1-2H3. The second-order valence-corrected chi connectivity index (χ2v) is 6.07. The van der Waals surface area contributed by atoms with Crippen molar-refractivity contribution < 1.29 is 5.11 Å². The van der Waals surface area contributed by atoms with Gasteiger partial charge in [0.25, 0.3) is 0 Å². The van der Waals surface area contributed by atoms with Crippen LogP contribution in [-0.4, -0.2) is 53.7 Å². The maximum atomic E-state index is 10.2. The average molecular weight is 297 g/mol. The summed E-state index contributed by atoms with van der Waals surface area (Å²) in [7, 11) is 0. The van der Waals surface area contributed by atoms with Gasteiger partial charge < -0.3 is 10.0 Å². The smallest absolute Gasteiger partial charge is 0.0802 e. The lowest BCUT2D eigenvalue weighted by Crippen LogP contribution is -2.51. The Morgan fingerprint density at radius 2 is 2.00 bits per heavy atom. The fourth-order valence-electron chi connectivity index (χ4n) is 2.90. The maximum absolute atomic E-state index is 10.2. The van der Waals surface area contributed by atoms with Crippen LogP contribution >= 0.6 is 11.6 Å². The number of piperazine rings is 1. The van der Waals surface area contributed by atoms with Gasteiger partial charge in [-0.2, -0.15) is 0 Å². The molecule has 0 radical (unpaired) electrons. The third kappa shape index (κ3) is 4.19. The van der Waals surface area contributed by atoms with E-state index in [0.717, 1.165) is 44.7 Å². The Morgan fingerprint density at radius 1 is 1.30 bits per heavy atom. The van der Waals surface area contributed by atoms with Crippen LogP contribution in [0, 0.1) is 0 Å². The van der Waals surface area contributed by atoms with Crippen LogP contribution in [0.3, 0.4) is 0 Å². The van der Waals surface area contributed by atoms with Crippen LogP contribution in [0.1, 0.15) is 31.9 Å². The molecular weight excluding hydrogens is 272 g/mol. The summed E-state index contributed by atoms with van der Waals surface area (Å²) in [4.78, 5) is 4.96. The fraction of sp³-hybridized carbons (Fsp3) is 0.625. The van der Waals surface area contributed by atoms with Gasteiger partial charge in [-0.1, -0.05) is 30.7 Å². The molecule has 20 heavy (non-hydrogen) atoms. The maximum Gasteiger partial charge on any atom is 0.0802 e. The van der Waals surface area contributed by atoms with Crippen LogP contribution in [0.4, 0.5) is 0 Å². The van der Waals surface area contributed by atoms with Gasteiger partial charge in [-0.25, -0.2) is 0 Å². The molecule has 1 aliphatic heterocycles. The zero-order valence-corrected chi connectivity index (χ0v) is 13.2. The molecule has 0 bridgehead atoms. The van der Waals surface area contributed by atoms with E-state index in [0.29, 0.717) is 11.1 Å². The van der Waals surface area contributed by atoms with Crippen LogP contribution < -0.4 is 0 Å². The molecule has 0 amide bonds. The van der Waals surface area contributed by atoms with E-state index in [4.69, 9.17) is 11.6 Å². The summed E-state index contributed by atoms with van der Waals surface area (Å²) < 4.78 is 0. The van der Waals surface area contributed by atoms with E-state index in [-0.39, 0.29) is 0 Å². The zero-order chi connectivity index (χ0) is 14.5. The Morgan fingerprint density at radius 3 is 2.60 bits per heavy atom. The summed E-state index contributed by atoms with van der Waals surface area (Å²) >= 11 is 5.86. The summed E-state index contributed by atoms with van der Waals surface area (Å²) in [5.41, 5.74) is 0.953. The van der Waals surface area contributed by atoms with Gasteiger partial charge in [-0.05, 0) is 37.6 Å². The summed E-state index contributed by atoms with van der Waals surface area (Å²) in [6, 6.07) is 8.10. The highest BCUT2D eigenvalue weighted by molar-refractivity contribution is 6.30. The van der Waals surface area contributed by atoms with Gasteiger partial charge in [0.15, 0.2) is 0 Å². The molecular formula is C16H25ClN2O. The topological polar surface area (TPSA) is 26.7 Å². The van der Waals surface area contributed by atoms with Gasteiger partial charge in [-0.3, -0.25) is 4.90 Å². The summed E-state index contributed by atoms with van der Waals surface area (Å²) in [6.45, 7) is 9.91. The molecule has 0 spiro atoms. The third-order valence-corrected chi connectivity index (χ3v) is 4.48. The van der Waals surface area contributed by atoms with Gasteiger partial charge in [0.05, 0.1) is 6.10 Å². The normalized spacial score (nSPS) is 22.9. The predicted octanol–water partition coefficient (Wildman–Crippen LogP) is 2.79. The largest absolute Gasteiger partial charge is 0.388 e. The van der Waals surface area contributed by atoms with Gasteiger partial charge in [0.2, 0.25) is 0 Å². The van der Waals surface area contributed by atoms with E-state index in [9.17, 15) is 5.11 Å². The lowest BCUT2D eigenvalue weighted by atomic mass is 10.1. The molecule has 1 fully saturated rings. The summed E-state index contributed by atoms with van der Waals surface area (Å²) in [6.07, 6.45) is 0.382. The highest BCUT2D eigenvalue weighted by Gasteiger charge is 2.22. The average Bonchev–Trinajstić information content (AvgIpc) is 2.45. The van der Waals surface area contributed by atoms with Crippen molar-refractivity contribution in [2.75, 3.05) is 32.7 Å². The molecule has 2 unspecified atom stereocenters. The molecule has 2 rings (SSSR count). The Labute approximate surface area is 127 Å². The minimum absolute atomic E-state index is 0.397. The molecule has 1 aromatic rings. The molecule has 0 saturated carbocycles. The molecule has 3 nitrogen and oxygen atoms in total. The monoisotopic (exact) mass is 296 g/mol. The van der Waals surface area contributed by atoms with Crippen LogP contribution in [0.2, 0.25) is 5.02 Å². The first-order valence-corrected chi connectivity index (χ1v) is 7.88. The lowest BCUT2D eigenvalue weighted by Gasteiger charge is -2.39. The molecule has 1 aliphatic rings. The highest BCUT2D eigenvalue weighted by atomic mass is 35.5. The van der Waals surface area contributed by atoms with Crippen molar-refractivity contribution >= 4 is 11.6 Å². The van der Waals surface area contributed by atoms with Crippen molar-refractivity contribution in [3.8, 4) is 0 Å². The molecule has 1 aromatic carbocycles. The van der Waals surface area contributed by atoms with E-state index in [1.807, 2.05) is 24.3 Å². The molecule has 0 aliphatic carbocycles. The van der Waals surface area contributed by atoms with E-state index >= 15 is 0 Å². The van der Waals surface area contributed by atoms with E-state index in [2.05, 4.69) is 23.6 Å². The van der Waals surface area contributed by atoms with E-state index < -0.39 is 6.10 Å². The van der Waals surface area contributed by atoms with Gasteiger partial charge >= 0.3 is 0 Å². The first-order valence-electron chi connectivity index (χ1n) is 7.50. The molecule has 112 valence electrons. The Hall–Kier alpha value is -0.610. The SMILES string of the molecule is CCN1CCN(CCC(O)c2ccc(Cl)cc2)CC1C. The van der Waals surface area contributed by atoms with Crippen molar-refractivity contribution in [2.45, 2.75) is 32.4 Å². The number of hydrogen-bond donors (Lipinski definition) is 1. The van der Waals surface area contributed by atoms with Crippen LogP contribution in [0.15, 0.2) is 24.3 Å². The van der Waals surface area contributed by atoms with Crippen molar-refractivity contribution in [1.82, 2.24) is 9.80 Å². The van der Waals surface area contributed by atoms with E-state index in [1.165, 1.54) is 0 Å². The second kappa shape index (κ2) is 7.41. The van der Waals surface area contributed by atoms with Gasteiger partial charge in [0, 0.05) is 37.2 Å². The minimum Gasteiger partial charge on any atom is -0.388 e. The first-order chi connectivity index (χ1) is 9.60. The number of halogens is 1. The third-order valence-electron chi connectivity index (χ3n) is 4.23. The summed E-state index contributed by atoms with van der Waals surface area (Å²) in [5, 5.41) is 10.9. The number of likely N-dealkylation sites (N-methyl/N-ethyl adjacent to an activating group) is 1. The van der Waals surface area contributed by atoms with Crippen LogP contribution in [0.25, 0.3) is 0 Å². The molecule has 2 atom stereocenters. The number of aliphatic hydroxyl groups is 1. The number of rotatable bonds is 5. The predicted molar refractivity (Wildman–Crippen MR) is 84.2 cm³/mol. The molecule has 1 heterocycles. The Kier molecular flexibility index (Phi) is 5.85. The number of nitrogens with zero attached hydrogens (tertiary/aromatic N) is 2. The van der Waals surface area contributed by atoms with Crippen molar-refractivity contribution in [3.05, 3.63) is 34.9 Å². The minimum atomic E-state index is -0.397. The molecule has 1 saturated heterocycles. The van der Waals surface area contributed by atoms with Gasteiger partial charge in [-0.15, -0.1) is 0 Å². The van der Waals surface area contributed by atoms with Crippen LogP contribution in [-0.2, 0) is 0 Å². The first kappa shape index (κ1) is 15.8. The van der Waals surface area contributed by atoms with Crippen molar-refractivity contribution in [3.63, 3.8) is 0 Å². The van der Waals surface area contributed by atoms with Crippen molar-refractivity contribution in [1.29, 1.82) is 0 Å². The number of benzene rings is 1. The highest BCUT2D eigenvalue weighted by Crippen LogP contribution is 2.20. The second-order valence-electron chi connectivity index (χ2n) is 5.63. The molecule has 0 aromatic heterocycles. The summed E-state index contributed by atoms with van der Waals surface area (Å²) in [5.74, 6) is 0. The molecule has 4 heteroatoms.